The normalized spacial score (nSPS) is 18.1. The molecule has 0 bridgehead atoms. The van der Waals surface area contributed by atoms with Crippen molar-refractivity contribution in [1.29, 1.82) is 0 Å². The molecule has 0 heterocycles. The predicted octanol–water partition coefficient (Wildman–Crippen LogP) is 4.64. The summed E-state index contributed by atoms with van der Waals surface area (Å²) in [4.78, 5) is 0. The zero-order valence-electron chi connectivity index (χ0n) is 11.2. The summed E-state index contributed by atoms with van der Waals surface area (Å²) in [6.45, 7) is 0. The number of hydrogen-bond acceptors (Lipinski definition) is 1. The molecule has 1 saturated carbocycles. The smallest absolute Gasteiger partial charge is 0.115 e. The molecule has 1 N–H and O–H groups in total. The maximum Gasteiger partial charge on any atom is 0.115 e. The van der Waals surface area contributed by atoms with Crippen molar-refractivity contribution in [2.75, 3.05) is 0 Å². The van der Waals surface area contributed by atoms with E-state index in [9.17, 15) is 5.11 Å². The largest absolute Gasteiger partial charge is 0.508 e. The monoisotopic (exact) mass is 252 g/mol. The summed E-state index contributed by atoms with van der Waals surface area (Å²) in [5.74, 6) is 0.373. The van der Waals surface area contributed by atoms with E-state index in [0.29, 0.717) is 5.75 Å². The van der Waals surface area contributed by atoms with Gasteiger partial charge >= 0.3 is 0 Å². The molecule has 0 spiro atoms. The van der Waals surface area contributed by atoms with E-state index >= 15 is 0 Å². The molecule has 0 aliphatic heterocycles. The van der Waals surface area contributed by atoms with Gasteiger partial charge in [0, 0.05) is 5.41 Å². The molecule has 1 nitrogen and oxygen atoms in total. The number of benzene rings is 2. The summed E-state index contributed by atoms with van der Waals surface area (Å²) in [5, 5.41) is 9.81. The quantitative estimate of drug-likeness (QED) is 0.825. The average molecular weight is 252 g/mol. The molecule has 0 saturated heterocycles. The summed E-state index contributed by atoms with van der Waals surface area (Å²) in [6.07, 6.45) is 6.23. The topological polar surface area (TPSA) is 20.2 Å². The first-order valence-corrected chi connectivity index (χ1v) is 7.16. The molecular weight excluding hydrogens is 232 g/mol. The zero-order chi connectivity index (χ0) is 13.1. The van der Waals surface area contributed by atoms with Crippen LogP contribution in [-0.4, -0.2) is 5.11 Å². The summed E-state index contributed by atoms with van der Waals surface area (Å²) in [7, 11) is 0. The third kappa shape index (κ3) is 2.25. The highest BCUT2D eigenvalue weighted by Crippen LogP contribution is 2.45. The number of phenols is 1. The van der Waals surface area contributed by atoms with Gasteiger partial charge in [0.15, 0.2) is 0 Å². The summed E-state index contributed by atoms with van der Waals surface area (Å²) >= 11 is 0. The first-order valence-electron chi connectivity index (χ1n) is 7.16. The SMILES string of the molecule is Oc1cccc(C2(c3ccccc3)CCCCC2)c1. The Balaban J connectivity index is 2.12. The first-order chi connectivity index (χ1) is 9.31. The van der Waals surface area contributed by atoms with Gasteiger partial charge in [-0.3, -0.25) is 0 Å². The molecule has 0 atom stereocenters. The van der Waals surface area contributed by atoms with Crippen molar-refractivity contribution in [3.63, 3.8) is 0 Å². The fourth-order valence-corrected chi connectivity index (χ4v) is 3.46. The van der Waals surface area contributed by atoms with Gasteiger partial charge in [-0.25, -0.2) is 0 Å². The van der Waals surface area contributed by atoms with Crippen LogP contribution in [0.15, 0.2) is 54.6 Å². The summed E-state index contributed by atoms with van der Waals surface area (Å²) in [6, 6.07) is 18.6. The van der Waals surface area contributed by atoms with Crippen molar-refractivity contribution in [3.05, 3.63) is 65.7 Å². The van der Waals surface area contributed by atoms with E-state index in [-0.39, 0.29) is 5.41 Å². The van der Waals surface area contributed by atoms with Crippen molar-refractivity contribution in [3.8, 4) is 5.75 Å². The van der Waals surface area contributed by atoms with E-state index < -0.39 is 0 Å². The third-order valence-electron chi connectivity index (χ3n) is 4.43. The number of aromatic hydroxyl groups is 1. The van der Waals surface area contributed by atoms with Crippen molar-refractivity contribution in [2.24, 2.45) is 0 Å². The average Bonchev–Trinajstić information content (AvgIpc) is 2.49. The maximum atomic E-state index is 9.81. The van der Waals surface area contributed by atoms with Gasteiger partial charge in [0.05, 0.1) is 0 Å². The highest BCUT2D eigenvalue weighted by molar-refractivity contribution is 5.42. The Morgan fingerprint density at radius 1 is 0.737 bits per heavy atom. The van der Waals surface area contributed by atoms with Gasteiger partial charge in [0.1, 0.15) is 5.75 Å². The van der Waals surface area contributed by atoms with E-state index in [1.807, 2.05) is 12.1 Å². The lowest BCUT2D eigenvalue weighted by Gasteiger charge is -2.38. The van der Waals surface area contributed by atoms with Crippen molar-refractivity contribution >= 4 is 0 Å². The van der Waals surface area contributed by atoms with E-state index in [1.54, 1.807) is 6.07 Å². The van der Waals surface area contributed by atoms with Gasteiger partial charge in [-0.1, -0.05) is 61.7 Å². The second kappa shape index (κ2) is 5.08. The van der Waals surface area contributed by atoms with Crippen LogP contribution in [0.25, 0.3) is 0 Å². The second-order valence-electron chi connectivity index (χ2n) is 5.56. The Morgan fingerprint density at radius 2 is 1.42 bits per heavy atom. The molecule has 1 aliphatic rings. The van der Waals surface area contributed by atoms with Gasteiger partial charge < -0.3 is 5.11 Å². The second-order valence-corrected chi connectivity index (χ2v) is 5.56. The van der Waals surface area contributed by atoms with E-state index in [0.717, 1.165) is 0 Å². The molecule has 98 valence electrons. The Labute approximate surface area is 114 Å². The standard InChI is InChI=1S/C18H20O/c19-17-11-7-10-16(14-17)18(12-5-2-6-13-18)15-8-3-1-4-9-15/h1,3-4,7-11,14,19H,2,5-6,12-13H2. The first kappa shape index (κ1) is 12.3. The van der Waals surface area contributed by atoms with Crippen molar-refractivity contribution in [2.45, 2.75) is 37.5 Å². The van der Waals surface area contributed by atoms with Crippen LogP contribution in [0.4, 0.5) is 0 Å². The van der Waals surface area contributed by atoms with Crippen LogP contribution in [0.1, 0.15) is 43.2 Å². The molecule has 1 heteroatoms. The maximum absolute atomic E-state index is 9.81. The molecule has 1 fully saturated rings. The number of phenolic OH excluding ortho intramolecular Hbond substituents is 1. The lowest BCUT2D eigenvalue weighted by atomic mass is 9.65. The van der Waals surface area contributed by atoms with Crippen LogP contribution in [0.3, 0.4) is 0 Å². The van der Waals surface area contributed by atoms with Gasteiger partial charge in [-0.05, 0) is 36.1 Å². The minimum Gasteiger partial charge on any atom is -0.508 e. The van der Waals surface area contributed by atoms with Crippen LogP contribution >= 0.6 is 0 Å². The molecule has 0 aromatic heterocycles. The molecule has 0 amide bonds. The third-order valence-corrected chi connectivity index (χ3v) is 4.43. The van der Waals surface area contributed by atoms with E-state index in [4.69, 9.17) is 0 Å². The molecule has 1 aliphatic carbocycles. The fourth-order valence-electron chi connectivity index (χ4n) is 3.46. The summed E-state index contributed by atoms with van der Waals surface area (Å²) in [5.41, 5.74) is 2.75. The van der Waals surface area contributed by atoms with Crippen molar-refractivity contribution < 1.29 is 5.11 Å². The Hall–Kier alpha value is -1.76. The fraction of sp³-hybridized carbons (Fsp3) is 0.333. The molecule has 2 aromatic rings. The predicted molar refractivity (Wildman–Crippen MR) is 78.4 cm³/mol. The molecule has 19 heavy (non-hydrogen) atoms. The minimum absolute atomic E-state index is 0.0955. The van der Waals surface area contributed by atoms with E-state index in [1.165, 1.54) is 43.2 Å². The van der Waals surface area contributed by atoms with Gasteiger partial charge in [-0.15, -0.1) is 0 Å². The molecule has 3 rings (SSSR count). The zero-order valence-corrected chi connectivity index (χ0v) is 11.2. The minimum atomic E-state index is 0.0955. The van der Waals surface area contributed by atoms with E-state index in [2.05, 4.69) is 36.4 Å². The highest BCUT2D eigenvalue weighted by atomic mass is 16.3. The van der Waals surface area contributed by atoms with Crippen LogP contribution < -0.4 is 0 Å². The van der Waals surface area contributed by atoms with Gasteiger partial charge in [0.25, 0.3) is 0 Å². The number of hydrogen-bond donors (Lipinski definition) is 1. The number of rotatable bonds is 2. The molecule has 2 aromatic carbocycles. The van der Waals surface area contributed by atoms with Gasteiger partial charge in [-0.2, -0.15) is 0 Å². The molecule has 0 radical (unpaired) electrons. The van der Waals surface area contributed by atoms with Crippen molar-refractivity contribution in [1.82, 2.24) is 0 Å². The van der Waals surface area contributed by atoms with Crippen LogP contribution in [0.2, 0.25) is 0 Å². The molecule has 0 unspecified atom stereocenters. The lowest BCUT2D eigenvalue weighted by Crippen LogP contribution is -2.30. The van der Waals surface area contributed by atoms with Crippen LogP contribution in [-0.2, 0) is 5.41 Å². The van der Waals surface area contributed by atoms with Crippen LogP contribution in [0, 0.1) is 0 Å². The molecular formula is C18H20O. The Morgan fingerprint density at radius 3 is 2.11 bits per heavy atom. The highest BCUT2D eigenvalue weighted by Gasteiger charge is 2.35. The van der Waals surface area contributed by atoms with Gasteiger partial charge in [0.2, 0.25) is 0 Å². The Bertz CT molecular complexity index is 539. The summed E-state index contributed by atoms with van der Waals surface area (Å²) < 4.78 is 0. The van der Waals surface area contributed by atoms with Crippen LogP contribution in [0.5, 0.6) is 5.75 Å². The Kier molecular flexibility index (Phi) is 3.29. The lowest BCUT2D eigenvalue weighted by molar-refractivity contribution is 0.344.